The molecule has 0 spiro atoms. The number of para-hydroxylation sites is 2. The number of piperazine rings is 1. The lowest BCUT2D eigenvalue weighted by Gasteiger charge is -2.35. The second kappa shape index (κ2) is 5.41. The third-order valence-electron chi connectivity index (χ3n) is 3.54. The van der Waals surface area contributed by atoms with Crippen molar-refractivity contribution in [2.24, 2.45) is 4.99 Å². The molecule has 0 bridgehead atoms. The Bertz CT molecular complexity index is 1110. The minimum absolute atomic E-state index is 0.230. The Morgan fingerprint density at radius 3 is 3.00 bits per heavy atom. The normalized spacial score (nSPS) is 28.6. The molecule has 1 N–H and O–H groups in total. The number of hydrogen-bond acceptors (Lipinski definition) is 5. The van der Waals surface area contributed by atoms with Gasteiger partial charge >= 0.3 is 0 Å². The van der Waals surface area contributed by atoms with Crippen molar-refractivity contribution in [3.63, 3.8) is 0 Å². The summed E-state index contributed by atoms with van der Waals surface area (Å²) in [7, 11) is 0. The second-order valence-electron chi connectivity index (χ2n) is 5.07. The molecule has 2 aromatic rings. The number of aryl methyl sites for hydroxylation is 1. The van der Waals surface area contributed by atoms with E-state index < -0.39 is 20.0 Å². The number of nitrogens with one attached hydrogen (secondary N) is 1. The zero-order valence-electron chi connectivity index (χ0n) is 20.0. The molecule has 2 aliphatic rings. The van der Waals surface area contributed by atoms with Crippen LogP contribution in [0, 0.1) is 6.92 Å². The fourth-order valence-electron chi connectivity index (χ4n) is 2.49. The van der Waals surface area contributed by atoms with Gasteiger partial charge in [0.25, 0.3) is 0 Å². The quantitative estimate of drug-likeness (QED) is 0.868. The molecule has 3 heterocycles. The number of rotatable bonds is 1. The van der Waals surface area contributed by atoms with Crippen LogP contribution in [0.25, 0.3) is 5.82 Å². The van der Waals surface area contributed by atoms with Crippen molar-refractivity contribution >= 4 is 28.5 Å². The third-order valence-corrected chi connectivity index (χ3v) is 4.43. The Morgan fingerprint density at radius 1 is 1.36 bits per heavy atom. The first kappa shape index (κ1) is 7.62. The van der Waals surface area contributed by atoms with Crippen molar-refractivity contribution in [2.45, 2.75) is 6.92 Å². The third kappa shape index (κ3) is 2.40. The molecule has 0 radical (unpaired) electrons. The van der Waals surface area contributed by atoms with Crippen LogP contribution in [0.2, 0.25) is 0 Å². The average molecular weight is 320 g/mol. The molecule has 0 amide bonds. The Kier molecular flexibility index (Phi) is 1.87. The maximum absolute atomic E-state index is 8.52. The van der Waals surface area contributed by atoms with E-state index >= 15 is 0 Å². The largest absolute Gasteiger partial charge is 0.355 e. The number of nitrogens with zero attached hydrogens (tertiary/aromatic N) is 3. The highest BCUT2D eigenvalue weighted by Crippen LogP contribution is 2.27. The van der Waals surface area contributed by atoms with Crippen molar-refractivity contribution in [2.75, 3.05) is 38.4 Å². The lowest BCUT2D eigenvalue weighted by Crippen LogP contribution is -2.47. The van der Waals surface area contributed by atoms with Crippen molar-refractivity contribution in [1.29, 1.82) is 0 Å². The first-order valence-corrected chi connectivity index (χ1v) is 7.73. The molecule has 114 valence electrons. The summed E-state index contributed by atoms with van der Waals surface area (Å²) in [5.41, 5.74) is 1.30. The van der Waals surface area contributed by atoms with Crippen molar-refractivity contribution in [3.8, 4) is 0 Å². The molecule has 5 heteroatoms. The van der Waals surface area contributed by atoms with Gasteiger partial charge in [0, 0.05) is 40.6 Å². The Balaban J connectivity index is 1.91. The van der Waals surface area contributed by atoms with Crippen LogP contribution in [0.5, 0.6) is 0 Å². The van der Waals surface area contributed by atoms with Crippen molar-refractivity contribution in [3.05, 3.63) is 45.1 Å². The summed E-state index contributed by atoms with van der Waals surface area (Å²) in [6.45, 7) is -6.86. The molecule has 1 aromatic carbocycles. The molecule has 0 saturated carbocycles. The van der Waals surface area contributed by atoms with Gasteiger partial charge in [-0.15, -0.1) is 11.3 Å². The summed E-state index contributed by atoms with van der Waals surface area (Å²) >= 11 is 1.34. The summed E-state index contributed by atoms with van der Waals surface area (Å²) in [4.78, 5) is 7.16. The van der Waals surface area contributed by atoms with Crippen LogP contribution in [0.3, 0.4) is 0 Å². The van der Waals surface area contributed by atoms with Gasteiger partial charge in [0.1, 0.15) is 10.5 Å². The van der Waals surface area contributed by atoms with Crippen LogP contribution in [-0.2, 0) is 0 Å². The van der Waals surface area contributed by atoms with Gasteiger partial charge in [0.15, 0.2) is 0 Å². The molecule has 2 aliphatic heterocycles. The van der Waals surface area contributed by atoms with Gasteiger partial charge in [-0.05, 0) is 32.1 Å². The van der Waals surface area contributed by atoms with Gasteiger partial charge in [0.05, 0.1) is 18.0 Å². The van der Waals surface area contributed by atoms with E-state index in [2.05, 4.69) is 10.3 Å². The average Bonchev–Trinajstić information content (AvgIpc) is 2.76. The summed E-state index contributed by atoms with van der Waals surface area (Å²) in [5.74, 6) is 0.353. The summed E-state index contributed by atoms with van der Waals surface area (Å²) in [5, 5.41) is 3.67. The molecule has 1 fully saturated rings. The maximum atomic E-state index is 8.52. The van der Waals surface area contributed by atoms with Gasteiger partial charge in [-0.1, -0.05) is 12.1 Å². The molecule has 0 aliphatic carbocycles. The van der Waals surface area contributed by atoms with E-state index in [9.17, 15) is 0 Å². The standard InChI is InChI=1S/C17H20N4S/c1-12-11-13-16(21-9-7-20(2)8-10-21)18-14-5-3-4-6-15(14)19-17(13)22-12/h3-6,11,18H,7-10H2,1-2H3/i2D3,7D2,8D2,11D. The summed E-state index contributed by atoms with van der Waals surface area (Å²) in [6.07, 6.45) is 0. The van der Waals surface area contributed by atoms with Crippen LogP contribution in [0.1, 0.15) is 15.8 Å². The highest BCUT2D eigenvalue weighted by molar-refractivity contribution is 7.09. The fourth-order valence-corrected chi connectivity index (χ4v) is 3.32. The van der Waals surface area contributed by atoms with Crippen molar-refractivity contribution < 1.29 is 11.0 Å². The number of benzene rings is 1. The number of likely N-dealkylation sites (N-methyl/N-ethyl adjacent to an activating group) is 1. The van der Waals surface area contributed by atoms with E-state index in [1.807, 2.05) is 18.2 Å². The molecular weight excluding hydrogens is 292 g/mol. The minimum Gasteiger partial charge on any atom is -0.355 e. The first-order chi connectivity index (χ1) is 13.8. The summed E-state index contributed by atoms with van der Waals surface area (Å²) < 4.78 is 65.3. The topological polar surface area (TPSA) is 30.9 Å². The molecule has 1 aromatic heterocycles. The fraction of sp³-hybridized carbons (Fsp3) is 0.353. The maximum Gasteiger partial charge on any atom is 0.127 e. The Labute approximate surface area is 145 Å². The predicted octanol–water partition coefficient (Wildman–Crippen LogP) is 1.75. The van der Waals surface area contributed by atoms with E-state index in [-0.39, 0.29) is 19.1 Å². The van der Waals surface area contributed by atoms with E-state index in [0.717, 1.165) is 4.88 Å². The molecule has 0 atom stereocenters. The Morgan fingerprint density at radius 2 is 2.18 bits per heavy atom. The molecule has 4 rings (SSSR count). The highest BCUT2D eigenvalue weighted by atomic mass is 32.1. The molecule has 22 heavy (non-hydrogen) atoms. The van der Waals surface area contributed by atoms with Crippen LogP contribution >= 0.6 is 11.3 Å². The van der Waals surface area contributed by atoms with E-state index in [1.54, 1.807) is 13.0 Å². The smallest absolute Gasteiger partial charge is 0.127 e. The van der Waals surface area contributed by atoms with Gasteiger partial charge in [-0.2, -0.15) is 0 Å². The van der Waals surface area contributed by atoms with Crippen LogP contribution < -0.4 is 15.2 Å². The zero-order chi connectivity index (χ0) is 22.1. The van der Waals surface area contributed by atoms with E-state index in [1.165, 1.54) is 16.2 Å². The van der Waals surface area contributed by atoms with Gasteiger partial charge in [-0.25, -0.2) is 4.99 Å². The summed E-state index contributed by atoms with van der Waals surface area (Å²) in [6, 6.07) is 7.50. The van der Waals surface area contributed by atoms with Gasteiger partial charge in [-0.3, -0.25) is 0 Å². The molecule has 4 nitrogen and oxygen atoms in total. The van der Waals surface area contributed by atoms with E-state index in [0.29, 0.717) is 32.0 Å². The monoisotopic (exact) mass is 320 g/mol. The first-order valence-electron chi connectivity index (χ1n) is 10.9. The SMILES string of the molecule is [2H]c1c(C)sc2c1=C(N1CC([2H])([2H])N(C([2H])([2H])[2H])C([2H])([2H])C1)Nc1ccccc1N=2. The van der Waals surface area contributed by atoms with Gasteiger partial charge in [0.2, 0.25) is 0 Å². The van der Waals surface area contributed by atoms with Crippen LogP contribution in [0.15, 0.2) is 35.3 Å². The molecule has 1 saturated heterocycles. The lowest BCUT2D eigenvalue weighted by molar-refractivity contribution is 0.206. The second-order valence-corrected chi connectivity index (χ2v) is 6.28. The molecular formula is C17H20N4S. The highest BCUT2D eigenvalue weighted by Gasteiger charge is 2.20. The number of thiophene rings is 1. The number of hydrogen-bond donors (Lipinski definition) is 1. The zero-order valence-corrected chi connectivity index (χ0v) is 12.8. The molecule has 0 unspecified atom stereocenters. The lowest BCUT2D eigenvalue weighted by atomic mass is 10.2. The minimum atomic E-state index is -2.94. The number of fused-ring (bicyclic) bond motifs is 2. The van der Waals surface area contributed by atoms with Gasteiger partial charge < -0.3 is 15.1 Å². The van der Waals surface area contributed by atoms with Crippen LogP contribution in [-0.4, -0.2) is 42.9 Å². The van der Waals surface area contributed by atoms with E-state index in [4.69, 9.17) is 11.0 Å². The van der Waals surface area contributed by atoms with Crippen LogP contribution in [0.4, 0.5) is 11.4 Å². The number of anilines is 1. The predicted molar refractivity (Wildman–Crippen MR) is 92.0 cm³/mol. The van der Waals surface area contributed by atoms with Crippen molar-refractivity contribution in [1.82, 2.24) is 9.80 Å². The Hall–Kier alpha value is -1.85.